The second-order valence-electron chi connectivity index (χ2n) is 3.28. The summed E-state index contributed by atoms with van der Waals surface area (Å²) in [6, 6.07) is 0. The van der Waals surface area contributed by atoms with E-state index in [9.17, 15) is 4.79 Å². The summed E-state index contributed by atoms with van der Waals surface area (Å²) in [7, 11) is 0. The molecule has 0 fully saturated rings. The van der Waals surface area contributed by atoms with Crippen LogP contribution >= 0.6 is 38.9 Å². The predicted molar refractivity (Wildman–Crippen MR) is 73.2 cm³/mol. The lowest BCUT2D eigenvalue weighted by atomic mass is 10.2. The molecule has 0 spiro atoms. The molecule has 0 saturated carbocycles. The molecule has 2 rings (SSSR count). The number of pyridine rings is 1. The van der Waals surface area contributed by atoms with E-state index in [1.54, 1.807) is 6.92 Å². The average molecular weight is 335 g/mol. The van der Waals surface area contributed by atoms with Crippen molar-refractivity contribution >= 4 is 55.1 Å². The largest absolute Gasteiger partial charge is 0.462 e. The highest BCUT2D eigenvalue weighted by molar-refractivity contribution is 9.08. The molecule has 0 aliphatic rings. The number of hydrogen-bond donors (Lipinski definition) is 0. The van der Waals surface area contributed by atoms with E-state index in [0.29, 0.717) is 17.2 Å². The first-order valence-electron chi connectivity index (χ1n) is 4.96. The molecule has 17 heavy (non-hydrogen) atoms. The van der Waals surface area contributed by atoms with Crippen LogP contribution in [-0.2, 0) is 10.1 Å². The Hall–Kier alpha value is -0.650. The van der Waals surface area contributed by atoms with Crippen molar-refractivity contribution in [3.63, 3.8) is 0 Å². The van der Waals surface area contributed by atoms with Crippen LogP contribution < -0.4 is 0 Å². The lowest BCUT2D eigenvalue weighted by molar-refractivity contribution is 0.0526. The maximum absolute atomic E-state index is 11.6. The molecule has 0 amide bonds. The van der Waals surface area contributed by atoms with Gasteiger partial charge in [0.05, 0.1) is 27.4 Å². The average Bonchev–Trinajstić information content (AvgIpc) is 2.73. The van der Waals surface area contributed by atoms with Crippen molar-refractivity contribution in [3.8, 4) is 0 Å². The Morgan fingerprint density at radius 1 is 1.65 bits per heavy atom. The van der Waals surface area contributed by atoms with Crippen LogP contribution in [0.2, 0.25) is 5.02 Å². The highest BCUT2D eigenvalue weighted by atomic mass is 79.9. The third-order valence-electron chi connectivity index (χ3n) is 2.24. The van der Waals surface area contributed by atoms with Gasteiger partial charge >= 0.3 is 5.97 Å². The fourth-order valence-corrected chi connectivity index (χ4v) is 3.39. The number of nitrogens with zero attached hydrogens (tertiary/aromatic N) is 1. The van der Waals surface area contributed by atoms with Crippen molar-refractivity contribution in [3.05, 3.63) is 27.7 Å². The van der Waals surface area contributed by atoms with Gasteiger partial charge in [-0.05, 0) is 17.9 Å². The molecular weight excluding hydrogens is 326 g/mol. The van der Waals surface area contributed by atoms with E-state index in [1.165, 1.54) is 17.5 Å². The Balaban J connectivity index is 2.54. The van der Waals surface area contributed by atoms with Crippen LogP contribution in [0.1, 0.15) is 22.8 Å². The third kappa shape index (κ3) is 2.32. The molecule has 0 saturated heterocycles. The molecule has 0 aliphatic carbocycles. The van der Waals surface area contributed by atoms with Gasteiger partial charge in [-0.3, -0.25) is 4.98 Å². The number of ether oxygens (including phenoxy) is 1. The van der Waals surface area contributed by atoms with E-state index in [0.717, 1.165) is 21.1 Å². The minimum atomic E-state index is -0.430. The van der Waals surface area contributed by atoms with Gasteiger partial charge in [-0.25, -0.2) is 4.79 Å². The second-order valence-corrected chi connectivity index (χ2v) is 5.10. The molecule has 0 radical (unpaired) electrons. The summed E-state index contributed by atoms with van der Waals surface area (Å²) in [4.78, 5) is 15.9. The Bertz CT molecular complexity index is 570. The number of rotatable bonds is 3. The minimum Gasteiger partial charge on any atom is -0.462 e. The van der Waals surface area contributed by atoms with Crippen LogP contribution in [0.15, 0.2) is 11.6 Å². The van der Waals surface area contributed by atoms with Crippen LogP contribution in [0.3, 0.4) is 0 Å². The molecule has 2 heterocycles. The van der Waals surface area contributed by atoms with Crippen LogP contribution in [0.5, 0.6) is 0 Å². The summed E-state index contributed by atoms with van der Waals surface area (Å²) in [5, 5.41) is 3.12. The van der Waals surface area contributed by atoms with Crippen molar-refractivity contribution in [1.82, 2.24) is 4.98 Å². The van der Waals surface area contributed by atoms with Crippen molar-refractivity contribution < 1.29 is 9.53 Å². The Morgan fingerprint density at radius 2 is 2.41 bits per heavy atom. The first kappa shape index (κ1) is 12.8. The number of thiophene rings is 1. The fourth-order valence-electron chi connectivity index (χ4n) is 1.44. The first-order chi connectivity index (χ1) is 8.19. The first-order valence-corrected chi connectivity index (χ1v) is 7.34. The normalized spacial score (nSPS) is 10.8. The fraction of sp³-hybridized carbons (Fsp3) is 0.273. The minimum absolute atomic E-state index is 0.323. The Labute approximate surface area is 116 Å². The lowest BCUT2D eigenvalue weighted by Gasteiger charge is -2.04. The van der Waals surface area contributed by atoms with Gasteiger partial charge in [0.2, 0.25) is 0 Å². The highest BCUT2D eigenvalue weighted by Gasteiger charge is 2.17. The summed E-state index contributed by atoms with van der Waals surface area (Å²) in [5.74, 6) is -0.430. The van der Waals surface area contributed by atoms with Crippen LogP contribution in [0.4, 0.5) is 0 Å². The molecule has 0 aromatic carbocycles. The molecule has 0 N–H and O–H groups in total. The third-order valence-corrected chi connectivity index (χ3v) is 4.38. The number of carbonyl (C=O) groups excluding carboxylic acids is 1. The highest BCUT2D eigenvalue weighted by Crippen LogP contribution is 2.34. The summed E-state index contributed by atoms with van der Waals surface area (Å²) < 4.78 is 5.75. The molecular formula is C11H9BrClNO2S. The van der Waals surface area contributed by atoms with Crippen LogP contribution in [0.25, 0.3) is 10.2 Å². The van der Waals surface area contributed by atoms with Gasteiger partial charge in [0.25, 0.3) is 0 Å². The number of alkyl halides is 1. The van der Waals surface area contributed by atoms with Gasteiger partial charge in [0.15, 0.2) is 0 Å². The van der Waals surface area contributed by atoms with Crippen LogP contribution in [-0.4, -0.2) is 17.6 Å². The number of hydrogen-bond acceptors (Lipinski definition) is 4. The van der Waals surface area contributed by atoms with E-state index < -0.39 is 5.97 Å². The van der Waals surface area contributed by atoms with Gasteiger partial charge in [-0.15, -0.1) is 11.3 Å². The van der Waals surface area contributed by atoms with Crippen molar-refractivity contribution in [1.29, 1.82) is 0 Å². The molecule has 0 bridgehead atoms. The number of carbonyl (C=O) groups is 1. The zero-order valence-corrected chi connectivity index (χ0v) is 12.2. The second kappa shape index (κ2) is 5.33. The molecule has 3 nitrogen and oxygen atoms in total. The van der Waals surface area contributed by atoms with E-state index in [4.69, 9.17) is 16.3 Å². The van der Waals surface area contributed by atoms with E-state index in [-0.39, 0.29) is 0 Å². The van der Waals surface area contributed by atoms with E-state index in [2.05, 4.69) is 20.9 Å². The molecule has 0 aliphatic heterocycles. The summed E-state index contributed by atoms with van der Waals surface area (Å²) in [5.41, 5.74) is 2.23. The lowest BCUT2D eigenvalue weighted by Crippen LogP contribution is -2.05. The number of esters is 1. The van der Waals surface area contributed by atoms with Gasteiger partial charge in [0.1, 0.15) is 0 Å². The molecule has 6 heteroatoms. The maximum atomic E-state index is 11.6. The Morgan fingerprint density at radius 3 is 3.06 bits per heavy atom. The zero-order valence-electron chi connectivity index (χ0n) is 9.00. The molecule has 2 aromatic heterocycles. The summed E-state index contributed by atoms with van der Waals surface area (Å²) >= 11 is 11.1. The SMILES string of the molecule is CCOC(=O)c1cnc2c(CBr)csc2c1Cl. The quantitative estimate of drug-likeness (QED) is 0.628. The van der Waals surface area contributed by atoms with E-state index >= 15 is 0 Å². The van der Waals surface area contributed by atoms with Crippen molar-refractivity contribution in [2.75, 3.05) is 6.61 Å². The number of fused-ring (bicyclic) bond motifs is 1. The van der Waals surface area contributed by atoms with E-state index in [1.807, 2.05) is 5.38 Å². The van der Waals surface area contributed by atoms with Crippen LogP contribution in [0, 0.1) is 0 Å². The number of halogens is 2. The number of aromatic nitrogens is 1. The van der Waals surface area contributed by atoms with Gasteiger partial charge in [0, 0.05) is 11.5 Å². The van der Waals surface area contributed by atoms with Gasteiger partial charge in [-0.2, -0.15) is 0 Å². The van der Waals surface area contributed by atoms with Crippen molar-refractivity contribution in [2.45, 2.75) is 12.3 Å². The smallest absolute Gasteiger partial charge is 0.341 e. The predicted octanol–water partition coefficient (Wildman–Crippen LogP) is 4.02. The van der Waals surface area contributed by atoms with Crippen molar-refractivity contribution in [2.24, 2.45) is 0 Å². The molecule has 2 aromatic rings. The topological polar surface area (TPSA) is 39.2 Å². The summed E-state index contributed by atoms with van der Waals surface area (Å²) in [6.45, 7) is 2.08. The summed E-state index contributed by atoms with van der Waals surface area (Å²) in [6.07, 6.45) is 1.47. The van der Waals surface area contributed by atoms with Gasteiger partial charge in [-0.1, -0.05) is 27.5 Å². The maximum Gasteiger partial charge on any atom is 0.341 e. The zero-order chi connectivity index (χ0) is 12.4. The standard InChI is InChI=1S/C11H9BrClNO2S/c1-2-16-11(15)7-4-14-9-6(3-12)5-17-10(9)8(7)13/h4-5H,2-3H2,1H3. The molecule has 0 atom stereocenters. The molecule has 90 valence electrons. The van der Waals surface area contributed by atoms with Gasteiger partial charge < -0.3 is 4.74 Å². The molecule has 0 unspecified atom stereocenters. The monoisotopic (exact) mass is 333 g/mol. The Kier molecular flexibility index (Phi) is 4.01.